The van der Waals surface area contributed by atoms with E-state index in [-0.39, 0.29) is 48.0 Å². The lowest BCUT2D eigenvalue weighted by molar-refractivity contribution is -0.145. The van der Waals surface area contributed by atoms with Gasteiger partial charge in [-0.05, 0) is 41.9 Å². The van der Waals surface area contributed by atoms with Crippen LogP contribution in [0.15, 0.2) is 12.7 Å². The summed E-state index contributed by atoms with van der Waals surface area (Å²) in [5.74, 6) is 0.449. The summed E-state index contributed by atoms with van der Waals surface area (Å²) in [4.78, 5) is 53.9. The fourth-order valence-corrected chi connectivity index (χ4v) is 6.12. The van der Waals surface area contributed by atoms with Crippen molar-refractivity contribution in [1.29, 1.82) is 0 Å². The van der Waals surface area contributed by atoms with E-state index in [1.807, 2.05) is 0 Å². The van der Waals surface area contributed by atoms with Crippen LogP contribution >= 0.6 is 0 Å². The maximum atomic E-state index is 13.6. The number of hydrogen-bond acceptors (Lipinski definition) is 5. The zero-order chi connectivity index (χ0) is 26.0. The van der Waals surface area contributed by atoms with Gasteiger partial charge in [0.1, 0.15) is 6.04 Å². The Morgan fingerprint density at radius 2 is 1.86 bits per heavy atom. The summed E-state index contributed by atoms with van der Waals surface area (Å²) in [5, 5.41) is 5.21. The average Bonchev–Trinajstić information content (AvgIpc) is 3.17. The molecule has 0 spiro atoms. The summed E-state index contributed by atoms with van der Waals surface area (Å²) in [6.45, 7) is 10.4. The molecule has 3 rings (SSSR count). The Labute approximate surface area is 208 Å². The lowest BCUT2D eigenvalue weighted by Crippen LogP contribution is -2.59. The van der Waals surface area contributed by atoms with E-state index >= 15 is 0 Å². The Morgan fingerprint density at radius 3 is 2.46 bits per heavy atom. The summed E-state index contributed by atoms with van der Waals surface area (Å²) in [5.41, 5.74) is 6.17. The van der Waals surface area contributed by atoms with E-state index in [4.69, 9.17) is 12.2 Å². The molecule has 0 bridgehead atoms. The minimum absolute atomic E-state index is 0.0178. The summed E-state index contributed by atoms with van der Waals surface area (Å²) < 4.78 is 0. The minimum Gasteiger partial charge on any atom is -0.346 e. The fraction of sp³-hybridized carbons (Fsp3) is 0.704. The molecule has 35 heavy (non-hydrogen) atoms. The van der Waals surface area contributed by atoms with Crippen LogP contribution in [0.2, 0.25) is 0 Å². The van der Waals surface area contributed by atoms with Crippen LogP contribution in [0.4, 0.5) is 0 Å². The maximum absolute atomic E-state index is 13.6. The number of carbonyl (C=O) groups excluding carboxylic acids is 4. The van der Waals surface area contributed by atoms with Crippen LogP contribution in [-0.2, 0) is 19.2 Å². The molecule has 8 nitrogen and oxygen atoms in total. The zero-order valence-electron chi connectivity index (χ0n) is 21.3. The van der Waals surface area contributed by atoms with Crippen molar-refractivity contribution in [3.8, 4) is 12.3 Å². The number of likely N-dealkylation sites (tertiary alicyclic amines) is 1. The van der Waals surface area contributed by atoms with E-state index in [2.05, 4.69) is 43.9 Å². The lowest BCUT2D eigenvalue weighted by atomic mass is 9.70. The van der Waals surface area contributed by atoms with Crippen molar-refractivity contribution in [2.75, 3.05) is 13.1 Å². The van der Waals surface area contributed by atoms with Crippen LogP contribution < -0.4 is 16.4 Å². The van der Waals surface area contributed by atoms with Gasteiger partial charge >= 0.3 is 0 Å². The third-order valence-corrected chi connectivity index (χ3v) is 8.61. The second kappa shape index (κ2) is 10.5. The molecule has 192 valence electrons. The van der Waals surface area contributed by atoms with Crippen LogP contribution in [0.25, 0.3) is 0 Å². The molecule has 3 unspecified atom stereocenters. The van der Waals surface area contributed by atoms with Gasteiger partial charge in [0.2, 0.25) is 17.6 Å². The summed E-state index contributed by atoms with van der Waals surface area (Å²) in [7, 11) is 0. The molecule has 0 aromatic carbocycles. The van der Waals surface area contributed by atoms with Crippen molar-refractivity contribution in [3.63, 3.8) is 0 Å². The summed E-state index contributed by atoms with van der Waals surface area (Å²) >= 11 is 0. The molecule has 8 heteroatoms. The van der Waals surface area contributed by atoms with Gasteiger partial charge in [-0.3, -0.25) is 19.2 Å². The number of hydrogen-bond donors (Lipinski definition) is 3. The van der Waals surface area contributed by atoms with Gasteiger partial charge in [-0.25, -0.2) is 0 Å². The van der Waals surface area contributed by atoms with Gasteiger partial charge < -0.3 is 21.3 Å². The largest absolute Gasteiger partial charge is 0.346 e. The highest BCUT2D eigenvalue weighted by atomic mass is 16.2. The molecule has 1 heterocycles. The Bertz CT molecular complexity index is 915. The fourth-order valence-electron chi connectivity index (χ4n) is 6.12. The topological polar surface area (TPSA) is 122 Å². The van der Waals surface area contributed by atoms with Crippen molar-refractivity contribution >= 4 is 23.5 Å². The van der Waals surface area contributed by atoms with Crippen molar-refractivity contribution in [1.82, 2.24) is 15.5 Å². The van der Waals surface area contributed by atoms with E-state index in [0.717, 1.165) is 32.1 Å². The van der Waals surface area contributed by atoms with Gasteiger partial charge in [0.25, 0.3) is 5.91 Å². The highest BCUT2D eigenvalue weighted by Gasteiger charge is 2.69. The zero-order valence-corrected chi connectivity index (χ0v) is 21.3. The van der Waals surface area contributed by atoms with Gasteiger partial charge in [0.15, 0.2) is 0 Å². The van der Waals surface area contributed by atoms with Gasteiger partial charge in [-0.15, -0.1) is 18.9 Å². The van der Waals surface area contributed by atoms with Crippen LogP contribution in [0.5, 0.6) is 0 Å². The standard InChI is InChI=1S/C27H40N4O4/c1-6-8-12-18(21(32)24(34)29-15-7-2)30-23(33)20-19-17(26(19,3)4)16-31(20)25(35)22(28)27(5)13-10-9-11-14-27/h1,7,17-20,22H,2,8-16,28H2,3-5H3,(H,29,34)(H,30,33)/t17?,18?,19?,20-,22+/m0/s1. The number of Topliss-reactive ketones (excluding diaryl/α,β-unsaturated/α-hetero) is 1. The second-order valence-corrected chi connectivity index (χ2v) is 11.2. The number of nitrogens with two attached hydrogens (primary N) is 1. The number of terminal acetylenes is 1. The van der Waals surface area contributed by atoms with Crippen molar-refractivity contribution in [3.05, 3.63) is 12.7 Å². The molecule has 1 aliphatic heterocycles. The normalized spacial score (nSPS) is 27.5. The van der Waals surface area contributed by atoms with Gasteiger partial charge in [0, 0.05) is 19.5 Å². The Balaban J connectivity index is 1.79. The molecule has 5 atom stereocenters. The third-order valence-electron chi connectivity index (χ3n) is 8.61. The number of nitrogens with one attached hydrogen (secondary N) is 2. The quantitative estimate of drug-likeness (QED) is 0.247. The van der Waals surface area contributed by atoms with E-state index in [1.54, 1.807) is 4.90 Å². The van der Waals surface area contributed by atoms with Crippen LogP contribution in [0.3, 0.4) is 0 Å². The number of carbonyl (C=O) groups is 4. The van der Waals surface area contributed by atoms with E-state index < -0.39 is 35.7 Å². The smallest absolute Gasteiger partial charge is 0.289 e. The number of ketones is 1. The molecule has 3 aliphatic rings. The van der Waals surface area contributed by atoms with E-state index in [9.17, 15) is 19.2 Å². The second-order valence-electron chi connectivity index (χ2n) is 11.2. The summed E-state index contributed by atoms with van der Waals surface area (Å²) in [6, 6.07) is -2.47. The first-order chi connectivity index (χ1) is 16.5. The van der Waals surface area contributed by atoms with Gasteiger partial charge in [-0.2, -0.15) is 0 Å². The predicted molar refractivity (Wildman–Crippen MR) is 134 cm³/mol. The molecule has 3 amide bonds. The lowest BCUT2D eigenvalue weighted by Gasteiger charge is -2.41. The first-order valence-corrected chi connectivity index (χ1v) is 12.7. The van der Waals surface area contributed by atoms with Crippen LogP contribution in [0.1, 0.15) is 65.7 Å². The van der Waals surface area contributed by atoms with Crippen molar-refractivity contribution in [2.24, 2.45) is 28.4 Å². The molecule has 0 radical (unpaired) electrons. The molecular formula is C27H40N4O4. The van der Waals surface area contributed by atoms with Crippen molar-refractivity contribution in [2.45, 2.75) is 83.8 Å². The Hall–Kier alpha value is -2.66. The number of nitrogens with zero attached hydrogens (tertiary/aromatic N) is 1. The van der Waals surface area contributed by atoms with Gasteiger partial charge in [0.05, 0.1) is 12.1 Å². The summed E-state index contributed by atoms with van der Waals surface area (Å²) in [6.07, 6.45) is 12.2. The molecule has 0 aromatic heterocycles. The highest BCUT2D eigenvalue weighted by molar-refractivity contribution is 6.38. The molecule has 2 aliphatic carbocycles. The molecular weight excluding hydrogens is 444 g/mol. The van der Waals surface area contributed by atoms with Crippen LogP contribution in [-0.4, -0.2) is 59.6 Å². The van der Waals surface area contributed by atoms with E-state index in [1.165, 1.54) is 6.08 Å². The number of amides is 3. The molecule has 3 fully saturated rings. The predicted octanol–water partition coefficient (Wildman–Crippen LogP) is 1.54. The number of fused-ring (bicyclic) bond motifs is 1. The van der Waals surface area contributed by atoms with E-state index in [0.29, 0.717) is 6.54 Å². The Morgan fingerprint density at radius 1 is 1.20 bits per heavy atom. The first-order valence-electron chi connectivity index (χ1n) is 12.7. The average molecular weight is 485 g/mol. The molecule has 4 N–H and O–H groups in total. The Kier molecular flexibility index (Phi) is 8.10. The van der Waals surface area contributed by atoms with Gasteiger partial charge in [-0.1, -0.05) is 46.1 Å². The SMILES string of the molecule is C#CCCC(NC(=O)[C@@H]1C2C(CN1C(=O)[C@@H](N)C1(C)CCCCC1)C2(C)C)C(=O)C(=O)NCC=C. The number of rotatable bonds is 10. The minimum atomic E-state index is -1.06. The monoisotopic (exact) mass is 484 g/mol. The number of piperidine rings is 1. The maximum Gasteiger partial charge on any atom is 0.289 e. The van der Waals surface area contributed by atoms with Crippen molar-refractivity contribution < 1.29 is 19.2 Å². The molecule has 0 aromatic rings. The molecule has 2 saturated carbocycles. The first kappa shape index (κ1) is 26.9. The van der Waals surface area contributed by atoms with Crippen LogP contribution in [0, 0.1) is 35.0 Å². The highest BCUT2D eigenvalue weighted by Crippen LogP contribution is 2.65. The third kappa shape index (κ3) is 5.30. The molecule has 1 saturated heterocycles.